The van der Waals surface area contributed by atoms with Gasteiger partial charge in [-0.25, -0.2) is 4.98 Å². The Morgan fingerprint density at radius 3 is 2.52 bits per heavy atom. The first-order valence-corrected chi connectivity index (χ1v) is 9.50. The highest BCUT2D eigenvalue weighted by molar-refractivity contribution is 6.07. The fourth-order valence-electron chi connectivity index (χ4n) is 3.13. The Morgan fingerprint density at radius 1 is 1.07 bits per heavy atom. The van der Waals surface area contributed by atoms with Crippen molar-refractivity contribution in [1.29, 1.82) is 0 Å². The molecule has 0 aliphatic heterocycles. The van der Waals surface area contributed by atoms with Crippen LogP contribution in [0.1, 0.15) is 29.3 Å². The Bertz CT molecular complexity index is 917. The van der Waals surface area contributed by atoms with Crippen molar-refractivity contribution in [1.82, 2.24) is 15.2 Å². The van der Waals surface area contributed by atoms with Gasteiger partial charge in [0.1, 0.15) is 0 Å². The van der Waals surface area contributed by atoms with Crippen LogP contribution in [0.25, 0.3) is 22.2 Å². The average Bonchev–Trinajstić information content (AvgIpc) is 2.67. The third kappa shape index (κ3) is 4.72. The number of likely N-dealkylation sites (N-methyl/N-ethyl adjacent to an activating group) is 1. The maximum absolute atomic E-state index is 12.8. The molecule has 4 nitrogen and oxygen atoms in total. The quantitative estimate of drug-likeness (QED) is 0.688. The summed E-state index contributed by atoms with van der Waals surface area (Å²) in [6.07, 6.45) is 2.20. The molecule has 0 aliphatic carbocycles. The highest BCUT2D eigenvalue weighted by atomic mass is 16.1. The molecule has 1 aromatic heterocycles. The maximum atomic E-state index is 12.8. The number of aryl methyl sites for hydroxylation is 1. The fourth-order valence-corrected chi connectivity index (χ4v) is 3.13. The first-order chi connectivity index (χ1) is 13.1. The molecule has 0 radical (unpaired) electrons. The zero-order valence-corrected chi connectivity index (χ0v) is 16.3. The Hall–Kier alpha value is -2.72. The van der Waals surface area contributed by atoms with Crippen LogP contribution in [0, 0.1) is 0 Å². The van der Waals surface area contributed by atoms with Gasteiger partial charge in [-0.15, -0.1) is 0 Å². The van der Waals surface area contributed by atoms with E-state index in [1.165, 1.54) is 5.56 Å². The first-order valence-electron chi connectivity index (χ1n) is 9.50. The molecule has 4 heteroatoms. The summed E-state index contributed by atoms with van der Waals surface area (Å²) < 4.78 is 0. The molecule has 0 fully saturated rings. The van der Waals surface area contributed by atoms with E-state index >= 15 is 0 Å². The Kier molecular flexibility index (Phi) is 6.20. The first kappa shape index (κ1) is 19.1. The van der Waals surface area contributed by atoms with Crippen molar-refractivity contribution < 1.29 is 4.79 Å². The average molecular weight is 361 g/mol. The van der Waals surface area contributed by atoms with Crippen LogP contribution in [0.3, 0.4) is 0 Å². The molecule has 1 heterocycles. The van der Waals surface area contributed by atoms with Crippen molar-refractivity contribution in [2.24, 2.45) is 0 Å². The normalized spacial score (nSPS) is 11.1. The molecular weight excluding hydrogens is 334 g/mol. The topological polar surface area (TPSA) is 45.2 Å². The van der Waals surface area contributed by atoms with Crippen molar-refractivity contribution >= 4 is 16.8 Å². The molecule has 0 spiro atoms. The molecule has 1 N–H and O–H groups in total. The van der Waals surface area contributed by atoms with E-state index in [-0.39, 0.29) is 5.91 Å². The van der Waals surface area contributed by atoms with E-state index in [4.69, 9.17) is 4.98 Å². The Morgan fingerprint density at radius 2 is 1.81 bits per heavy atom. The minimum Gasteiger partial charge on any atom is -0.351 e. The standard InChI is InChI=1S/C23H27N3O/c1-4-7-17-10-12-18(13-11-17)22-16-20(23(27)24-14-15-26(2)3)19-8-5-6-9-21(19)25-22/h5-6,8-13,16H,4,7,14-15H2,1-3H3,(H,24,27). The molecule has 140 valence electrons. The van der Waals surface area contributed by atoms with Crippen molar-refractivity contribution in [3.05, 3.63) is 65.7 Å². The molecular formula is C23H27N3O. The lowest BCUT2D eigenvalue weighted by Crippen LogP contribution is -2.31. The van der Waals surface area contributed by atoms with Crippen LogP contribution in [0.15, 0.2) is 54.6 Å². The number of amides is 1. The van der Waals surface area contributed by atoms with E-state index < -0.39 is 0 Å². The second kappa shape index (κ2) is 8.78. The second-order valence-electron chi connectivity index (χ2n) is 7.08. The number of para-hydroxylation sites is 1. The van der Waals surface area contributed by atoms with E-state index in [0.29, 0.717) is 12.1 Å². The number of carbonyl (C=O) groups is 1. The number of nitrogens with zero attached hydrogens (tertiary/aromatic N) is 2. The van der Waals surface area contributed by atoms with E-state index in [1.807, 2.05) is 49.3 Å². The van der Waals surface area contributed by atoms with Crippen molar-refractivity contribution in [2.75, 3.05) is 27.2 Å². The molecule has 0 saturated heterocycles. The Balaban J connectivity index is 1.96. The van der Waals surface area contributed by atoms with Crippen LogP contribution < -0.4 is 5.32 Å². The smallest absolute Gasteiger partial charge is 0.252 e. The lowest BCUT2D eigenvalue weighted by Gasteiger charge is -2.13. The molecule has 0 bridgehead atoms. The van der Waals surface area contributed by atoms with E-state index in [2.05, 4.69) is 36.5 Å². The summed E-state index contributed by atoms with van der Waals surface area (Å²) in [5.74, 6) is -0.0562. The predicted molar refractivity (Wildman–Crippen MR) is 112 cm³/mol. The molecule has 3 aromatic rings. The van der Waals surface area contributed by atoms with Crippen LogP contribution in [0.5, 0.6) is 0 Å². The Labute approximate surface area is 161 Å². The SMILES string of the molecule is CCCc1ccc(-c2cc(C(=O)NCCN(C)C)c3ccccc3n2)cc1. The molecule has 0 atom stereocenters. The zero-order chi connectivity index (χ0) is 19.2. The largest absolute Gasteiger partial charge is 0.351 e. The highest BCUT2D eigenvalue weighted by Crippen LogP contribution is 2.25. The zero-order valence-electron chi connectivity index (χ0n) is 16.3. The van der Waals surface area contributed by atoms with Gasteiger partial charge in [0.05, 0.1) is 16.8 Å². The number of rotatable bonds is 7. The van der Waals surface area contributed by atoms with Crippen LogP contribution in [0.2, 0.25) is 0 Å². The van der Waals surface area contributed by atoms with Gasteiger partial charge in [0.15, 0.2) is 0 Å². The van der Waals surface area contributed by atoms with Gasteiger partial charge in [0.25, 0.3) is 5.91 Å². The summed E-state index contributed by atoms with van der Waals surface area (Å²) >= 11 is 0. The molecule has 0 saturated carbocycles. The molecule has 1 amide bonds. The third-order valence-electron chi connectivity index (χ3n) is 4.59. The van der Waals surface area contributed by atoms with Gasteiger partial charge < -0.3 is 10.2 Å². The highest BCUT2D eigenvalue weighted by Gasteiger charge is 2.13. The van der Waals surface area contributed by atoms with E-state index in [9.17, 15) is 4.79 Å². The third-order valence-corrected chi connectivity index (χ3v) is 4.59. The van der Waals surface area contributed by atoms with Crippen LogP contribution >= 0.6 is 0 Å². The van der Waals surface area contributed by atoms with Gasteiger partial charge in [-0.1, -0.05) is 55.8 Å². The number of hydrogen-bond acceptors (Lipinski definition) is 3. The minimum atomic E-state index is -0.0562. The van der Waals surface area contributed by atoms with Crippen LogP contribution in [-0.4, -0.2) is 43.0 Å². The summed E-state index contributed by atoms with van der Waals surface area (Å²) in [5, 5.41) is 3.90. The van der Waals surface area contributed by atoms with Gasteiger partial charge >= 0.3 is 0 Å². The summed E-state index contributed by atoms with van der Waals surface area (Å²) in [4.78, 5) is 19.6. The summed E-state index contributed by atoms with van der Waals surface area (Å²) in [6, 6.07) is 18.2. The number of benzene rings is 2. The summed E-state index contributed by atoms with van der Waals surface area (Å²) in [6.45, 7) is 3.60. The number of hydrogen-bond donors (Lipinski definition) is 1. The van der Waals surface area contributed by atoms with E-state index in [0.717, 1.165) is 41.5 Å². The van der Waals surface area contributed by atoms with E-state index in [1.54, 1.807) is 0 Å². The van der Waals surface area contributed by atoms with Gasteiger partial charge in [0, 0.05) is 24.0 Å². The number of carbonyl (C=O) groups excluding carboxylic acids is 1. The van der Waals surface area contributed by atoms with Crippen LogP contribution in [0.4, 0.5) is 0 Å². The summed E-state index contributed by atoms with van der Waals surface area (Å²) in [7, 11) is 3.99. The lowest BCUT2D eigenvalue weighted by molar-refractivity contribution is 0.0952. The van der Waals surface area contributed by atoms with Gasteiger partial charge in [0.2, 0.25) is 0 Å². The van der Waals surface area contributed by atoms with Gasteiger partial charge in [-0.05, 0) is 38.2 Å². The lowest BCUT2D eigenvalue weighted by atomic mass is 10.0. The predicted octanol–water partition coefficient (Wildman–Crippen LogP) is 4.15. The van der Waals surface area contributed by atoms with Gasteiger partial charge in [-0.3, -0.25) is 4.79 Å². The fraction of sp³-hybridized carbons (Fsp3) is 0.304. The van der Waals surface area contributed by atoms with Crippen molar-refractivity contribution in [3.63, 3.8) is 0 Å². The summed E-state index contributed by atoms with van der Waals surface area (Å²) in [5.41, 5.74) is 4.69. The molecule has 27 heavy (non-hydrogen) atoms. The molecule has 0 aliphatic rings. The number of aromatic nitrogens is 1. The van der Waals surface area contributed by atoms with Crippen molar-refractivity contribution in [3.8, 4) is 11.3 Å². The van der Waals surface area contributed by atoms with Crippen molar-refractivity contribution in [2.45, 2.75) is 19.8 Å². The molecule has 2 aromatic carbocycles. The van der Waals surface area contributed by atoms with Crippen LogP contribution in [-0.2, 0) is 6.42 Å². The number of pyridine rings is 1. The molecule has 0 unspecified atom stereocenters. The second-order valence-corrected chi connectivity index (χ2v) is 7.08. The monoisotopic (exact) mass is 361 g/mol. The maximum Gasteiger partial charge on any atom is 0.252 e. The number of nitrogens with one attached hydrogen (secondary N) is 1. The molecule has 3 rings (SSSR count). The number of fused-ring (bicyclic) bond motifs is 1. The minimum absolute atomic E-state index is 0.0562. The van der Waals surface area contributed by atoms with Gasteiger partial charge in [-0.2, -0.15) is 0 Å².